The lowest BCUT2D eigenvalue weighted by atomic mass is 9.86. The van der Waals surface area contributed by atoms with Crippen molar-refractivity contribution in [2.75, 3.05) is 6.79 Å². The van der Waals surface area contributed by atoms with Crippen molar-refractivity contribution in [2.45, 2.75) is 71.1 Å². The van der Waals surface area contributed by atoms with E-state index >= 15 is 0 Å². The average molecular weight is 424 g/mol. The highest BCUT2D eigenvalue weighted by Gasteiger charge is 2.19. The predicted octanol–water partition coefficient (Wildman–Crippen LogP) is 4.92. The van der Waals surface area contributed by atoms with Gasteiger partial charge in [-0.1, -0.05) is 55.9 Å². The zero-order valence-corrected chi connectivity index (χ0v) is 18.4. The summed E-state index contributed by atoms with van der Waals surface area (Å²) in [5.41, 5.74) is 3.83. The van der Waals surface area contributed by atoms with E-state index in [1.165, 1.54) is 32.1 Å². The van der Waals surface area contributed by atoms with Crippen molar-refractivity contribution in [1.82, 2.24) is 5.32 Å². The van der Waals surface area contributed by atoms with E-state index in [-0.39, 0.29) is 12.6 Å². The highest BCUT2D eigenvalue weighted by Crippen LogP contribution is 2.33. The monoisotopic (exact) mass is 423 g/mol. The summed E-state index contributed by atoms with van der Waals surface area (Å²) in [6.45, 7) is 2.76. The van der Waals surface area contributed by atoms with Crippen LogP contribution in [0.25, 0.3) is 0 Å². The Labute approximate surface area is 184 Å². The first kappa shape index (κ1) is 21.8. The van der Waals surface area contributed by atoms with Gasteiger partial charge in [0, 0.05) is 18.5 Å². The third-order valence-electron chi connectivity index (χ3n) is 6.45. The highest BCUT2D eigenvalue weighted by molar-refractivity contribution is 5.97. The molecule has 4 rings (SSSR count). The maximum absolute atomic E-state index is 13.0. The molecule has 1 unspecified atom stereocenters. The van der Waals surface area contributed by atoms with Gasteiger partial charge in [0.25, 0.3) is 0 Å². The summed E-state index contributed by atoms with van der Waals surface area (Å²) >= 11 is 0. The second-order valence-electron chi connectivity index (χ2n) is 8.91. The Bertz CT molecular complexity index is 904. The Morgan fingerprint density at radius 3 is 2.74 bits per heavy atom. The molecule has 0 spiro atoms. The standard InChI is InChI=1S/C26H33NO4/c1-18-7-10-21(16-27-26(29)15-19-5-3-2-4-6-19)22(13-18)23(28)11-8-20-9-12-24-25(14-20)31-17-30-24/h7,9-10,12-14,19,26-27,29H,2-6,8,11,15-17H2,1H3. The first-order valence-electron chi connectivity index (χ1n) is 11.5. The number of aryl methyl sites for hydroxylation is 2. The fourth-order valence-corrected chi connectivity index (χ4v) is 4.64. The number of ketones is 1. The largest absolute Gasteiger partial charge is 0.454 e. The van der Waals surface area contributed by atoms with Crippen LogP contribution in [0.4, 0.5) is 0 Å². The van der Waals surface area contributed by atoms with Gasteiger partial charge in [-0.05, 0) is 55.0 Å². The number of aliphatic hydroxyl groups is 1. The molecular weight excluding hydrogens is 390 g/mol. The topological polar surface area (TPSA) is 67.8 Å². The van der Waals surface area contributed by atoms with E-state index in [0.29, 0.717) is 25.3 Å². The van der Waals surface area contributed by atoms with Crippen LogP contribution in [0, 0.1) is 12.8 Å². The molecule has 166 valence electrons. The number of fused-ring (bicyclic) bond motifs is 1. The molecule has 2 aromatic rings. The van der Waals surface area contributed by atoms with E-state index in [2.05, 4.69) is 5.32 Å². The van der Waals surface area contributed by atoms with E-state index < -0.39 is 6.23 Å². The Morgan fingerprint density at radius 2 is 1.90 bits per heavy atom. The molecule has 0 amide bonds. The minimum atomic E-state index is -0.527. The fourth-order valence-electron chi connectivity index (χ4n) is 4.64. The molecule has 1 saturated carbocycles. The second kappa shape index (κ2) is 10.3. The van der Waals surface area contributed by atoms with Gasteiger partial charge in [0.2, 0.25) is 6.79 Å². The highest BCUT2D eigenvalue weighted by atomic mass is 16.7. The molecular formula is C26H33NO4. The maximum Gasteiger partial charge on any atom is 0.231 e. The molecule has 0 bridgehead atoms. The molecule has 1 fully saturated rings. The van der Waals surface area contributed by atoms with Gasteiger partial charge in [0.1, 0.15) is 6.23 Å². The number of carbonyl (C=O) groups is 1. The zero-order chi connectivity index (χ0) is 21.6. The number of Topliss-reactive ketones (excluding diaryl/α,β-unsaturated/α-hetero) is 1. The number of ether oxygens (including phenoxy) is 2. The van der Waals surface area contributed by atoms with Crippen LogP contribution in [-0.2, 0) is 13.0 Å². The summed E-state index contributed by atoms with van der Waals surface area (Å²) in [6, 6.07) is 11.8. The molecule has 2 aliphatic rings. The molecule has 5 nitrogen and oxygen atoms in total. The van der Waals surface area contributed by atoms with Gasteiger partial charge >= 0.3 is 0 Å². The summed E-state index contributed by atoms with van der Waals surface area (Å²) in [4.78, 5) is 13.0. The van der Waals surface area contributed by atoms with Crippen LogP contribution in [0.3, 0.4) is 0 Å². The fraction of sp³-hybridized carbons (Fsp3) is 0.500. The third-order valence-corrected chi connectivity index (χ3v) is 6.45. The summed E-state index contributed by atoms with van der Waals surface area (Å²) in [5.74, 6) is 2.24. The lowest BCUT2D eigenvalue weighted by molar-refractivity contribution is 0.0947. The molecule has 0 saturated heterocycles. The minimum Gasteiger partial charge on any atom is -0.454 e. The third kappa shape index (κ3) is 5.86. The van der Waals surface area contributed by atoms with Crippen LogP contribution in [0.5, 0.6) is 11.5 Å². The molecule has 2 N–H and O–H groups in total. The van der Waals surface area contributed by atoms with Crippen LogP contribution < -0.4 is 14.8 Å². The van der Waals surface area contributed by atoms with Crippen molar-refractivity contribution < 1.29 is 19.4 Å². The van der Waals surface area contributed by atoms with Gasteiger partial charge in [-0.3, -0.25) is 10.1 Å². The van der Waals surface area contributed by atoms with E-state index in [1.54, 1.807) is 0 Å². The van der Waals surface area contributed by atoms with Crippen LogP contribution in [0.1, 0.15) is 72.0 Å². The minimum absolute atomic E-state index is 0.125. The molecule has 1 aliphatic heterocycles. The number of aliphatic hydroxyl groups excluding tert-OH is 1. The molecule has 0 radical (unpaired) electrons. The van der Waals surface area contributed by atoms with Gasteiger partial charge in [-0.2, -0.15) is 0 Å². The van der Waals surface area contributed by atoms with Crippen LogP contribution in [0.2, 0.25) is 0 Å². The summed E-state index contributed by atoms with van der Waals surface area (Å²) < 4.78 is 10.8. The number of hydrogen-bond donors (Lipinski definition) is 2. The number of carbonyl (C=O) groups excluding carboxylic acids is 1. The van der Waals surface area contributed by atoms with Gasteiger partial charge in [-0.25, -0.2) is 0 Å². The molecule has 1 atom stereocenters. The van der Waals surface area contributed by atoms with Gasteiger partial charge in [0.05, 0.1) is 0 Å². The Balaban J connectivity index is 1.34. The van der Waals surface area contributed by atoms with Crippen molar-refractivity contribution in [3.8, 4) is 11.5 Å². The SMILES string of the molecule is Cc1ccc(CNC(O)CC2CCCCC2)c(C(=O)CCc2ccc3c(c2)OCO3)c1. The molecule has 5 heteroatoms. The first-order valence-corrected chi connectivity index (χ1v) is 11.5. The summed E-state index contributed by atoms with van der Waals surface area (Å²) in [5, 5.41) is 13.7. The van der Waals surface area contributed by atoms with Gasteiger partial charge in [-0.15, -0.1) is 0 Å². The Morgan fingerprint density at radius 1 is 1.10 bits per heavy atom. The van der Waals surface area contributed by atoms with Crippen molar-refractivity contribution in [3.63, 3.8) is 0 Å². The Kier molecular flexibility index (Phi) is 7.25. The average Bonchev–Trinajstić information content (AvgIpc) is 3.25. The summed E-state index contributed by atoms with van der Waals surface area (Å²) in [7, 11) is 0. The van der Waals surface area contributed by atoms with Gasteiger partial charge in [0.15, 0.2) is 17.3 Å². The normalized spacial score (nSPS) is 17.0. The smallest absolute Gasteiger partial charge is 0.231 e. The van der Waals surface area contributed by atoms with Crippen molar-refractivity contribution >= 4 is 5.78 Å². The van der Waals surface area contributed by atoms with E-state index in [1.807, 2.05) is 43.3 Å². The van der Waals surface area contributed by atoms with Gasteiger partial charge < -0.3 is 14.6 Å². The molecule has 31 heavy (non-hydrogen) atoms. The summed E-state index contributed by atoms with van der Waals surface area (Å²) in [6.07, 6.45) is 7.65. The van der Waals surface area contributed by atoms with Crippen LogP contribution in [0.15, 0.2) is 36.4 Å². The van der Waals surface area contributed by atoms with E-state index in [9.17, 15) is 9.90 Å². The van der Waals surface area contributed by atoms with E-state index in [0.717, 1.165) is 40.2 Å². The van der Waals surface area contributed by atoms with E-state index in [4.69, 9.17) is 9.47 Å². The number of nitrogens with one attached hydrogen (secondary N) is 1. The van der Waals surface area contributed by atoms with Crippen molar-refractivity contribution in [3.05, 3.63) is 58.7 Å². The molecule has 1 aliphatic carbocycles. The lowest BCUT2D eigenvalue weighted by Crippen LogP contribution is -2.31. The quantitative estimate of drug-likeness (QED) is 0.443. The second-order valence-corrected chi connectivity index (χ2v) is 8.91. The van der Waals surface area contributed by atoms with Crippen molar-refractivity contribution in [1.29, 1.82) is 0 Å². The number of benzene rings is 2. The van der Waals surface area contributed by atoms with Crippen molar-refractivity contribution in [2.24, 2.45) is 5.92 Å². The van der Waals surface area contributed by atoms with Crippen LogP contribution in [-0.4, -0.2) is 23.9 Å². The van der Waals surface area contributed by atoms with Crippen LogP contribution >= 0.6 is 0 Å². The first-order chi connectivity index (χ1) is 15.1. The predicted molar refractivity (Wildman–Crippen MR) is 120 cm³/mol. The zero-order valence-electron chi connectivity index (χ0n) is 18.4. The maximum atomic E-state index is 13.0. The lowest BCUT2D eigenvalue weighted by Gasteiger charge is -2.24. The number of hydrogen-bond acceptors (Lipinski definition) is 5. The molecule has 0 aromatic heterocycles. The Hall–Kier alpha value is -2.37. The molecule has 1 heterocycles. The number of rotatable bonds is 9. The molecule has 2 aromatic carbocycles.